The van der Waals surface area contributed by atoms with E-state index in [1.54, 1.807) is 0 Å². The van der Waals surface area contributed by atoms with Crippen LogP contribution in [0, 0.1) is 20.8 Å². The summed E-state index contributed by atoms with van der Waals surface area (Å²) in [4.78, 5) is 13.2. The van der Waals surface area contributed by atoms with Gasteiger partial charge in [0, 0.05) is 5.56 Å². The van der Waals surface area contributed by atoms with Crippen LogP contribution < -0.4 is 0 Å². The van der Waals surface area contributed by atoms with Crippen molar-refractivity contribution < 1.29 is 4.79 Å². The summed E-state index contributed by atoms with van der Waals surface area (Å²) in [6.07, 6.45) is 4.22. The van der Waals surface area contributed by atoms with E-state index in [1.165, 1.54) is 11.1 Å². The number of aryl methyl sites for hydroxylation is 3. The van der Waals surface area contributed by atoms with Crippen molar-refractivity contribution in [1.29, 1.82) is 0 Å². The Bertz CT molecular complexity index is 638. The second-order valence-corrected chi connectivity index (χ2v) is 8.59. The van der Waals surface area contributed by atoms with Crippen LogP contribution in [0.25, 0.3) is 0 Å². The molecule has 0 aliphatic heterocycles. The number of benzene rings is 2. The van der Waals surface area contributed by atoms with Gasteiger partial charge in [-0.15, -0.1) is 0 Å². The zero-order valence-electron chi connectivity index (χ0n) is 14.7. The molecule has 1 unspecified atom stereocenters. The number of rotatable bonds is 7. The summed E-state index contributed by atoms with van der Waals surface area (Å²) in [6.45, 7) is 8.44. The van der Waals surface area contributed by atoms with E-state index in [1.807, 2.05) is 6.07 Å². The number of hydrogen-bond acceptors (Lipinski definition) is 1. The van der Waals surface area contributed by atoms with Crippen LogP contribution in [-0.4, -0.2) is 11.7 Å². The minimum Gasteiger partial charge on any atom is -0.289 e. The number of carbonyl (C=O) groups excluding carboxylic acids is 1. The predicted molar refractivity (Wildman–Crippen MR) is 102 cm³/mol. The van der Waals surface area contributed by atoms with E-state index in [0.29, 0.717) is 5.52 Å². The minimum atomic E-state index is -0.661. The van der Waals surface area contributed by atoms with Gasteiger partial charge in [-0.1, -0.05) is 61.4 Å². The van der Waals surface area contributed by atoms with Crippen LogP contribution in [0.2, 0.25) is 0 Å². The normalized spacial score (nSPS) is 12.2. The number of unbranched alkanes of at least 4 members (excludes halogenated alkanes) is 1. The third-order valence-corrected chi connectivity index (χ3v) is 6.58. The largest absolute Gasteiger partial charge is 0.289 e. The molecule has 0 bridgehead atoms. The van der Waals surface area contributed by atoms with Gasteiger partial charge in [-0.25, -0.2) is 0 Å². The van der Waals surface area contributed by atoms with Crippen molar-refractivity contribution in [3.8, 4) is 0 Å². The van der Waals surface area contributed by atoms with E-state index < -0.39 is 7.92 Å². The van der Waals surface area contributed by atoms with Crippen LogP contribution >= 0.6 is 7.92 Å². The molecular weight excluding hydrogens is 299 g/mol. The van der Waals surface area contributed by atoms with Crippen molar-refractivity contribution in [2.45, 2.75) is 46.7 Å². The van der Waals surface area contributed by atoms with Gasteiger partial charge in [-0.05, 0) is 64.1 Å². The first-order valence-corrected chi connectivity index (χ1v) is 10.1. The summed E-state index contributed by atoms with van der Waals surface area (Å²) in [5.41, 5.74) is 6.12. The molecule has 0 aliphatic rings. The average Bonchev–Trinajstić information content (AvgIpc) is 2.51. The maximum atomic E-state index is 13.2. The number of carbonyl (C=O) groups is 1. The Hall–Kier alpha value is -1.46. The maximum absolute atomic E-state index is 13.2. The molecule has 1 nitrogen and oxygen atoms in total. The summed E-state index contributed by atoms with van der Waals surface area (Å²) in [7, 11) is -0.661. The van der Waals surface area contributed by atoms with Crippen LogP contribution in [0.4, 0.5) is 0 Å². The van der Waals surface area contributed by atoms with Gasteiger partial charge in [0.15, 0.2) is 5.52 Å². The lowest BCUT2D eigenvalue weighted by Gasteiger charge is -2.19. The second kappa shape index (κ2) is 8.41. The Morgan fingerprint density at radius 1 is 1.00 bits per heavy atom. The molecule has 2 aromatic rings. The lowest BCUT2D eigenvalue weighted by atomic mass is 10.0. The van der Waals surface area contributed by atoms with E-state index in [-0.39, 0.29) is 0 Å². The molecule has 0 heterocycles. The lowest BCUT2D eigenvalue weighted by Crippen LogP contribution is -2.07. The average molecular weight is 326 g/mol. The quantitative estimate of drug-likeness (QED) is 0.551. The molecular formula is C21H27OP. The Morgan fingerprint density at radius 2 is 1.61 bits per heavy atom. The molecule has 1 atom stereocenters. The Kier molecular flexibility index (Phi) is 6.54. The first-order chi connectivity index (χ1) is 11.0. The standard InChI is InChI=1S/C21H27OP/c1-5-6-12-23(15-19-10-8-7-9-11-19)21(22)20-17(3)13-16(2)14-18(20)4/h7-11,13-14H,5-6,12,15H2,1-4H3. The topological polar surface area (TPSA) is 17.1 Å². The van der Waals surface area contributed by atoms with E-state index in [0.717, 1.165) is 41.9 Å². The van der Waals surface area contributed by atoms with E-state index in [4.69, 9.17) is 0 Å². The molecule has 2 heteroatoms. The van der Waals surface area contributed by atoms with Crippen molar-refractivity contribution in [3.05, 3.63) is 70.3 Å². The highest BCUT2D eigenvalue weighted by Crippen LogP contribution is 2.45. The molecule has 0 amide bonds. The van der Waals surface area contributed by atoms with Crippen molar-refractivity contribution >= 4 is 13.4 Å². The fourth-order valence-electron chi connectivity index (χ4n) is 3.08. The first kappa shape index (κ1) is 17.9. The van der Waals surface area contributed by atoms with E-state index in [2.05, 4.69) is 64.1 Å². The molecule has 23 heavy (non-hydrogen) atoms. The molecule has 2 aromatic carbocycles. The van der Waals surface area contributed by atoms with Crippen LogP contribution in [0.15, 0.2) is 42.5 Å². The van der Waals surface area contributed by atoms with Gasteiger partial charge < -0.3 is 0 Å². The van der Waals surface area contributed by atoms with Gasteiger partial charge in [-0.2, -0.15) is 0 Å². The maximum Gasteiger partial charge on any atom is 0.185 e. The minimum absolute atomic E-state index is 0.382. The molecule has 0 saturated carbocycles. The van der Waals surface area contributed by atoms with Gasteiger partial charge >= 0.3 is 0 Å². The van der Waals surface area contributed by atoms with Gasteiger partial charge in [0.2, 0.25) is 0 Å². The van der Waals surface area contributed by atoms with Crippen molar-refractivity contribution in [3.63, 3.8) is 0 Å². The fraction of sp³-hybridized carbons (Fsp3) is 0.381. The molecule has 0 N–H and O–H groups in total. The summed E-state index contributed by atoms with van der Waals surface area (Å²) in [6, 6.07) is 14.7. The van der Waals surface area contributed by atoms with Crippen molar-refractivity contribution in [2.24, 2.45) is 0 Å². The second-order valence-electron chi connectivity index (χ2n) is 6.34. The van der Waals surface area contributed by atoms with Gasteiger partial charge in [0.05, 0.1) is 0 Å². The molecule has 0 aliphatic carbocycles. The fourth-order valence-corrected chi connectivity index (χ4v) is 5.60. The highest BCUT2D eigenvalue weighted by atomic mass is 31.1. The summed E-state index contributed by atoms with van der Waals surface area (Å²) >= 11 is 0. The van der Waals surface area contributed by atoms with Crippen molar-refractivity contribution in [1.82, 2.24) is 0 Å². The Balaban J connectivity index is 2.30. The monoisotopic (exact) mass is 326 g/mol. The smallest absolute Gasteiger partial charge is 0.185 e. The SMILES string of the molecule is CCCCP(Cc1ccccc1)C(=O)c1c(C)cc(C)cc1C. The number of hydrogen-bond donors (Lipinski definition) is 0. The zero-order valence-corrected chi connectivity index (χ0v) is 15.6. The zero-order chi connectivity index (χ0) is 16.8. The van der Waals surface area contributed by atoms with E-state index >= 15 is 0 Å². The molecule has 2 rings (SSSR count). The van der Waals surface area contributed by atoms with Crippen LogP contribution in [0.1, 0.15) is 52.4 Å². The molecule has 0 aromatic heterocycles. The van der Waals surface area contributed by atoms with Crippen LogP contribution in [0.3, 0.4) is 0 Å². The van der Waals surface area contributed by atoms with Gasteiger partial charge in [0.25, 0.3) is 0 Å². The van der Waals surface area contributed by atoms with Crippen molar-refractivity contribution in [2.75, 3.05) is 6.16 Å². The first-order valence-electron chi connectivity index (χ1n) is 8.44. The van der Waals surface area contributed by atoms with E-state index in [9.17, 15) is 4.79 Å². The Labute approximate surface area is 141 Å². The third-order valence-electron chi connectivity index (χ3n) is 4.18. The van der Waals surface area contributed by atoms with Crippen LogP contribution in [-0.2, 0) is 6.16 Å². The molecule has 122 valence electrons. The van der Waals surface area contributed by atoms with Gasteiger partial charge in [-0.3, -0.25) is 4.79 Å². The summed E-state index contributed by atoms with van der Waals surface area (Å²) in [5, 5.41) is 0. The molecule has 0 spiro atoms. The highest BCUT2D eigenvalue weighted by molar-refractivity contribution is 7.74. The molecule has 0 saturated heterocycles. The third kappa shape index (κ3) is 4.75. The summed E-state index contributed by atoms with van der Waals surface area (Å²) in [5.74, 6) is 0. The van der Waals surface area contributed by atoms with Gasteiger partial charge in [0.1, 0.15) is 0 Å². The van der Waals surface area contributed by atoms with Crippen LogP contribution in [0.5, 0.6) is 0 Å². The summed E-state index contributed by atoms with van der Waals surface area (Å²) < 4.78 is 0. The Morgan fingerprint density at radius 3 is 2.17 bits per heavy atom. The predicted octanol–water partition coefficient (Wildman–Crippen LogP) is 6.23. The molecule has 0 radical (unpaired) electrons. The highest BCUT2D eigenvalue weighted by Gasteiger charge is 2.22. The lowest BCUT2D eigenvalue weighted by molar-refractivity contribution is 0.108. The molecule has 0 fully saturated rings.